The fourth-order valence-corrected chi connectivity index (χ4v) is 3.93. The number of thioether (sulfide) groups is 1. The summed E-state index contributed by atoms with van der Waals surface area (Å²) in [5, 5.41) is 9.55. The molecule has 0 unspecified atom stereocenters. The van der Waals surface area contributed by atoms with Crippen LogP contribution in [0.3, 0.4) is 0 Å². The van der Waals surface area contributed by atoms with Crippen molar-refractivity contribution in [3.63, 3.8) is 0 Å². The van der Waals surface area contributed by atoms with Gasteiger partial charge in [-0.15, -0.1) is 10.2 Å². The van der Waals surface area contributed by atoms with Crippen LogP contribution in [0.2, 0.25) is 0 Å². The summed E-state index contributed by atoms with van der Waals surface area (Å²) in [4.78, 5) is 31.5. The molecule has 0 saturated heterocycles. The number of aryl methyl sites for hydroxylation is 2. The van der Waals surface area contributed by atoms with E-state index in [-0.39, 0.29) is 5.56 Å². The number of hydrogen-bond acceptors (Lipinski definition) is 7. The van der Waals surface area contributed by atoms with Gasteiger partial charge in [0, 0.05) is 5.69 Å². The first kappa shape index (κ1) is 19.8. The monoisotopic (exact) mass is 421 g/mol. The summed E-state index contributed by atoms with van der Waals surface area (Å²) < 4.78 is 6.70. The molecule has 9 heteroatoms. The minimum atomic E-state index is -0.475. The molecule has 0 aliphatic heterocycles. The zero-order chi connectivity index (χ0) is 21.3. The van der Waals surface area contributed by atoms with Crippen LogP contribution in [0.15, 0.2) is 52.4 Å². The number of nitrogens with zero attached hydrogens (tertiary/aromatic N) is 4. The van der Waals surface area contributed by atoms with Gasteiger partial charge in [-0.3, -0.25) is 9.36 Å². The van der Waals surface area contributed by atoms with E-state index in [0.29, 0.717) is 33.2 Å². The first-order valence-electron chi connectivity index (χ1n) is 9.19. The number of ether oxygens (including phenoxy) is 1. The molecule has 30 heavy (non-hydrogen) atoms. The van der Waals surface area contributed by atoms with Crippen molar-refractivity contribution in [1.82, 2.24) is 24.7 Å². The number of carbonyl (C=O) groups is 1. The molecule has 0 aliphatic carbocycles. The highest BCUT2D eigenvalue weighted by Crippen LogP contribution is 2.24. The second-order valence-electron chi connectivity index (χ2n) is 6.73. The van der Waals surface area contributed by atoms with Gasteiger partial charge in [0.25, 0.3) is 5.56 Å². The number of carbonyl (C=O) groups excluding carboxylic acids is 1. The van der Waals surface area contributed by atoms with E-state index >= 15 is 0 Å². The lowest BCUT2D eigenvalue weighted by molar-refractivity contribution is 0.0601. The Bertz CT molecular complexity index is 1290. The van der Waals surface area contributed by atoms with E-state index in [1.54, 1.807) is 18.2 Å². The number of rotatable bonds is 5. The quantitative estimate of drug-likeness (QED) is 0.390. The Balaban J connectivity index is 1.63. The number of esters is 1. The van der Waals surface area contributed by atoms with Gasteiger partial charge in [-0.05, 0) is 44.2 Å². The molecule has 4 aromatic rings. The molecular formula is C21H19N5O3S. The smallest absolute Gasteiger partial charge is 0.337 e. The number of aromatic amines is 1. The molecule has 0 saturated carbocycles. The number of aromatic nitrogens is 5. The molecule has 0 spiro atoms. The van der Waals surface area contributed by atoms with Gasteiger partial charge < -0.3 is 9.72 Å². The Labute approximate surface area is 176 Å². The Morgan fingerprint density at radius 1 is 1.13 bits per heavy atom. The Morgan fingerprint density at radius 3 is 2.63 bits per heavy atom. The lowest BCUT2D eigenvalue weighted by Crippen LogP contribution is -2.12. The number of methoxy groups -OCH3 is 1. The largest absolute Gasteiger partial charge is 0.465 e. The number of H-pyrrole nitrogens is 1. The van der Waals surface area contributed by atoms with Gasteiger partial charge in [-0.1, -0.05) is 29.5 Å². The fraction of sp³-hybridized carbons (Fsp3) is 0.190. The minimum absolute atomic E-state index is 0.261. The first-order chi connectivity index (χ1) is 14.5. The fourth-order valence-electron chi connectivity index (χ4n) is 3.06. The van der Waals surface area contributed by atoms with Crippen molar-refractivity contribution in [2.24, 2.45) is 0 Å². The SMILES string of the molecule is COC(=O)c1ccc2c(=O)[nH]c(CSc3nnc(C)n3-c3ccc(C)cc3)nc2c1. The van der Waals surface area contributed by atoms with Gasteiger partial charge in [-0.2, -0.15) is 0 Å². The van der Waals surface area contributed by atoms with E-state index in [4.69, 9.17) is 4.74 Å². The normalized spacial score (nSPS) is 11.0. The van der Waals surface area contributed by atoms with E-state index in [1.807, 2.05) is 42.7 Å². The molecule has 8 nitrogen and oxygen atoms in total. The average Bonchev–Trinajstić information content (AvgIpc) is 3.12. The summed E-state index contributed by atoms with van der Waals surface area (Å²) in [5.74, 6) is 1.16. The van der Waals surface area contributed by atoms with Crippen molar-refractivity contribution in [2.75, 3.05) is 7.11 Å². The summed E-state index contributed by atoms with van der Waals surface area (Å²) in [6.07, 6.45) is 0. The molecule has 2 heterocycles. The second kappa shape index (κ2) is 8.11. The number of fused-ring (bicyclic) bond motifs is 1. The lowest BCUT2D eigenvalue weighted by Gasteiger charge is -2.09. The maximum atomic E-state index is 12.4. The third-order valence-corrected chi connectivity index (χ3v) is 5.54. The summed E-state index contributed by atoms with van der Waals surface area (Å²) in [7, 11) is 1.31. The third kappa shape index (κ3) is 3.84. The van der Waals surface area contributed by atoms with Gasteiger partial charge in [0.1, 0.15) is 11.6 Å². The van der Waals surface area contributed by atoms with Gasteiger partial charge in [0.05, 0.1) is 29.3 Å². The molecule has 0 fully saturated rings. The van der Waals surface area contributed by atoms with Gasteiger partial charge in [-0.25, -0.2) is 9.78 Å². The maximum Gasteiger partial charge on any atom is 0.337 e. The zero-order valence-electron chi connectivity index (χ0n) is 16.7. The highest BCUT2D eigenvalue weighted by molar-refractivity contribution is 7.98. The summed E-state index contributed by atoms with van der Waals surface area (Å²) in [5.41, 5.74) is 2.66. The topological polar surface area (TPSA) is 103 Å². The Hall–Kier alpha value is -3.46. The number of hydrogen-bond donors (Lipinski definition) is 1. The molecule has 1 N–H and O–H groups in total. The van der Waals surface area contributed by atoms with E-state index in [2.05, 4.69) is 20.2 Å². The predicted molar refractivity (Wildman–Crippen MR) is 114 cm³/mol. The van der Waals surface area contributed by atoms with Crippen molar-refractivity contribution < 1.29 is 9.53 Å². The van der Waals surface area contributed by atoms with Crippen LogP contribution in [0, 0.1) is 13.8 Å². The minimum Gasteiger partial charge on any atom is -0.465 e. The standard InChI is InChI=1S/C21H19N5O3S/c1-12-4-7-15(8-5-12)26-13(2)24-25-21(26)30-11-18-22-17-10-14(20(28)29-3)6-9-16(17)19(27)23-18/h4-10H,11H2,1-3H3,(H,22,23,27). The van der Waals surface area contributed by atoms with Crippen molar-refractivity contribution in [1.29, 1.82) is 0 Å². The molecule has 152 valence electrons. The van der Waals surface area contributed by atoms with Crippen LogP contribution in [0.25, 0.3) is 16.6 Å². The number of nitrogens with one attached hydrogen (secondary N) is 1. The average molecular weight is 421 g/mol. The van der Waals surface area contributed by atoms with Crippen LogP contribution in [-0.4, -0.2) is 37.8 Å². The molecule has 0 atom stereocenters. The van der Waals surface area contributed by atoms with Gasteiger partial charge in [0.2, 0.25) is 0 Å². The summed E-state index contributed by atoms with van der Waals surface area (Å²) in [6.45, 7) is 3.92. The molecule has 0 bridgehead atoms. The van der Waals surface area contributed by atoms with Crippen LogP contribution < -0.4 is 5.56 Å². The van der Waals surface area contributed by atoms with Crippen LogP contribution in [0.5, 0.6) is 0 Å². The van der Waals surface area contributed by atoms with Gasteiger partial charge >= 0.3 is 5.97 Å². The Morgan fingerprint density at radius 2 is 1.90 bits per heavy atom. The molecule has 2 aromatic heterocycles. The first-order valence-corrected chi connectivity index (χ1v) is 10.2. The molecule has 4 rings (SSSR count). The highest BCUT2D eigenvalue weighted by atomic mass is 32.2. The van der Waals surface area contributed by atoms with Crippen LogP contribution in [-0.2, 0) is 10.5 Å². The highest BCUT2D eigenvalue weighted by Gasteiger charge is 2.14. The van der Waals surface area contributed by atoms with E-state index in [0.717, 1.165) is 11.5 Å². The van der Waals surface area contributed by atoms with Crippen molar-refractivity contribution >= 4 is 28.6 Å². The second-order valence-corrected chi connectivity index (χ2v) is 7.67. The van der Waals surface area contributed by atoms with E-state index in [1.165, 1.54) is 24.4 Å². The lowest BCUT2D eigenvalue weighted by atomic mass is 10.1. The van der Waals surface area contributed by atoms with Crippen molar-refractivity contribution in [2.45, 2.75) is 24.8 Å². The molecule has 0 radical (unpaired) electrons. The summed E-state index contributed by atoms with van der Waals surface area (Å²) >= 11 is 1.42. The van der Waals surface area contributed by atoms with Crippen LogP contribution in [0.4, 0.5) is 0 Å². The summed E-state index contributed by atoms with van der Waals surface area (Å²) in [6, 6.07) is 12.8. The van der Waals surface area contributed by atoms with Crippen molar-refractivity contribution in [3.05, 3.63) is 75.6 Å². The van der Waals surface area contributed by atoms with E-state index in [9.17, 15) is 9.59 Å². The van der Waals surface area contributed by atoms with Gasteiger partial charge in [0.15, 0.2) is 5.16 Å². The molecule has 2 aromatic carbocycles. The molecule has 0 aliphatic rings. The maximum absolute atomic E-state index is 12.4. The zero-order valence-corrected chi connectivity index (χ0v) is 17.5. The molecular weight excluding hydrogens is 402 g/mol. The predicted octanol–water partition coefficient (Wildman–Crippen LogP) is 3.20. The third-order valence-electron chi connectivity index (χ3n) is 4.60. The Kier molecular flexibility index (Phi) is 5.37. The van der Waals surface area contributed by atoms with Crippen LogP contribution in [0.1, 0.15) is 27.6 Å². The van der Waals surface area contributed by atoms with E-state index < -0.39 is 5.97 Å². The van der Waals surface area contributed by atoms with Crippen LogP contribution >= 0.6 is 11.8 Å². The molecule has 0 amide bonds. The van der Waals surface area contributed by atoms with Crippen molar-refractivity contribution in [3.8, 4) is 5.69 Å². The number of benzene rings is 2.